The molecule has 1 aliphatic rings. The number of carbonyl (C=O) groups is 5. The number of hydrogen-bond donors (Lipinski definition) is 0. The molecule has 0 aliphatic carbocycles. The third-order valence-electron chi connectivity index (χ3n) is 6.32. The lowest BCUT2D eigenvalue weighted by atomic mass is 10.0. The fourth-order valence-electron chi connectivity index (χ4n) is 4.27. The summed E-state index contributed by atoms with van der Waals surface area (Å²) in [7, 11) is 0. The van der Waals surface area contributed by atoms with Gasteiger partial charge in [-0.05, 0) is 48.4 Å². The van der Waals surface area contributed by atoms with Crippen molar-refractivity contribution < 1.29 is 43.3 Å². The van der Waals surface area contributed by atoms with Crippen molar-refractivity contribution in [1.82, 2.24) is 4.90 Å². The third-order valence-corrected chi connectivity index (χ3v) is 6.32. The van der Waals surface area contributed by atoms with Crippen molar-refractivity contribution in [2.75, 3.05) is 6.61 Å². The third kappa shape index (κ3) is 5.72. The molecule has 1 aliphatic heterocycles. The maximum Gasteiger partial charge on any atom is 0.343 e. The van der Waals surface area contributed by atoms with Gasteiger partial charge in [0, 0.05) is 23.8 Å². The number of amides is 2. The van der Waals surface area contributed by atoms with Gasteiger partial charge < -0.3 is 9.47 Å². The molecule has 1 heterocycles. The fraction of sp³-hybridized carbons (Fsp3) is 0.179. The second kappa shape index (κ2) is 11.8. The molecule has 3 aromatic carbocycles. The van der Waals surface area contributed by atoms with Gasteiger partial charge in [0.2, 0.25) is 0 Å². The van der Waals surface area contributed by atoms with Gasteiger partial charge in [0.05, 0.1) is 21.0 Å². The maximum atomic E-state index is 13.0. The van der Waals surface area contributed by atoms with E-state index in [4.69, 9.17) is 9.47 Å². The Kier molecular flexibility index (Phi) is 8.17. The highest BCUT2D eigenvalue weighted by atomic mass is 16.6. The van der Waals surface area contributed by atoms with Crippen molar-refractivity contribution in [3.8, 4) is 5.75 Å². The number of nitro benzene ring substituents is 2. The molecule has 42 heavy (non-hydrogen) atoms. The Balaban J connectivity index is 1.40. The molecule has 0 bridgehead atoms. The summed E-state index contributed by atoms with van der Waals surface area (Å²) in [6.07, 6.45) is 0. The number of carbonyl (C=O) groups excluding carboxylic acids is 5. The summed E-state index contributed by atoms with van der Waals surface area (Å²) in [6.45, 7) is 2.35. The monoisotopic (exact) mass is 575 g/mol. The molecule has 0 aromatic heterocycles. The number of nitro groups is 2. The van der Waals surface area contributed by atoms with E-state index in [-0.39, 0.29) is 28.1 Å². The van der Waals surface area contributed by atoms with Crippen molar-refractivity contribution in [1.29, 1.82) is 0 Å². The molecule has 2 amide bonds. The summed E-state index contributed by atoms with van der Waals surface area (Å²) >= 11 is 0. The molecule has 0 saturated carbocycles. The maximum absolute atomic E-state index is 13.0. The van der Waals surface area contributed by atoms with E-state index in [0.29, 0.717) is 4.90 Å². The van der Waals surface area contributed by atoms with E-state index in [9.17, 15) is 44.2 Å². The quantitative estimate of drug-likeness (QED) is 0.0853. The molecule has 0 saturated heterocycles. The molecule has 0 fully saturated rings. The number of ketones is 1. The number of ether oxygens (including phenoxy) is 2. The van der Waals surface area contributed by atoms with Gasteiger partial charge in [-0.2, -0.15) is 0 Å². The smallest absolute Gasteiger partial charge is 0.343 e. The van der Waals surface area contributed by atoms with Crippen molar-refractivity contribution in [2.24, 2.45) is 5.92 Å². The molecule has 4 rings (SSSR count). The van der Waals surface area contributed by atoms with Crippen molar-refractivity contribution in [3.63, 3.8) is 0 Å². The van der Waals surface area contributed by atoms with Crippen LogP contribution in [0.25, 0.3) is 0 Å². The highest BCUT2D eigenvalue weighted by molar-refractivity contribution is 6.24. The van der Waals surface area contributed by atoms with E-state index in [1.54, 1.807) is 13.8 Å². The average molecular weight is 575 g/mol. The Hall–Kier alpha value is -5.79. The van der Waals surface area contributed by atoms with Crippen LogP contribution in [0.5, 0.6) is 5.75 Å². The Labute approximate surface area is 236 Å². The molecule has 3 aromatic rings. The lowest BCUT2D eigenvalue weighted by Gasteiger charge is -2.27. The first-order valence-corrected chi connectivity index (χ1v) is 12.3. The van der Waals surface area contributed by atoms with Crippen LogP contribution in [-0.2, 0) is 9.53 Å². The summed E-state index contributed by atoms with van der Waals surface area (Å²) < 4.78 is 10.3. The summed E-state index contributed by atoms with van der Waals surface area (Å²) in [6, 6.07) is 12.2. The van der Waals surface area contributed by atoms with E-state index in [1.807, 2.05) is 0 Å². The normalized spacial score (nSPS) is 13.0. The molecule has 14 nitrogen and oxygen atoms in total. The van der Waals surface area contributed by atoms with Crippen molar-refractivity contribution >= 4 is 40.9 Å². The van der Waals surface area contributed by atoms with Crippen LogP contribution >= 0.6 is 0 Å². The zero-order chi connectivity index (χ0) is 30.7. The SMILES string of the molecule is CC(C)[C@@H](C(=O)OCC(=O)c1ccc(OC(=O)c2ccc([N+](=O)[O-])cc2)cc1)N1C(=O)c2cccc([N+](=O)[O-])c2C1=O. The first-order chi connectivity index (χ1) is 19.9. The summed E-state index contributed by atoms with van der Waals surface area (Å²) in [5, 5.41) is 22.1. The van der Waals surface area contributed by atoms with Crippen LogP contribution in [0.15, 0.2) is 66.7 Å². The van der Waals surface area contributed by atoms with Crippen molar-refractivity contribution in [2.45, 2.75) is 19.9 Å². The van der Waals surface area contributed by atoms with Gasteiger partial charge in [-0.3, -0.25) is 39.5 Å². The Morgan fingerprint density at radius 3 is 2.02 bits per heavy atom. The number of nitrogens with zero attached hydrogens (tertiary/aromatic N) is 3. The lowest BCUT2D eigenvalue weighted by molar-refractivity contribution is -0.385. The molecule has 0 radical (unpaired) electrons. The second-order valence-corrected chi connectivity index (χ2v) is 9.37. The minimum atomic E-state index is -1.45. The zero-order valence-corrected chi connectivity index (χ0v) is 22.0. The number of non-ortho nitro benzene ring substituents is 1. The van der Waals surface area contributed by atoms with Crippen LogP contribution in [-0.4, -0.2) is 56.9 Å². The van der Waals surface area contributed by atoms with Crippen LogP contribution in [0.3, 0.4) is 0 Å². The van der Waals surface area contributed by atoms with Gasteiger partial charge in [0.15, 0.2) is 12.4 Å². The van der Waals surface area contributed by atoms with Crippen LogP contribution in [0.2, 0.25) is 0 Å². The molecule has 0 spiro atoms. The number of hydrogen-bond acceptors (Lipinski definition) is 11. The Bertz CT molecular complexity index is 1630. The van der Waals surface area contributed by atoms with Gasteiger partial charge in [-0.25, -0.2) is 9.59 Å². The number of benzene rings is 3. The van der Waals surface area contributed by atoms with E-state index in [0.717, 1.165) is 18.2 Å². The first kappa shape index (κ1) is 29.2. The largest absolute Gasteiger partial charge is 0.456 e. The van der Waals surface area contributed by atoms with Crippen LogP contribution in [0.4, 0.5) is 11.4 Å². The number of esters is 2. The topological polar surface area (TPSA) is 193 Å². The van der Waals surface area contributed by atoms with Gasteiger partial charge in [-0.15, -0.1) is 0 Å². The van der Waals surface area contributed by atoms with Crippen LogP contribution in [0, 0.1) is 26.1 Å². The summed E-state index contributed by atoms with van der Waals surface area (Å²) in [4.78, 5) is 85.3. The highest BCUT2D eigenvalue weighted by Gasteiger charge is 2.48. The Morgan fingerprint density at radius 2 is 1.45 bits per heavy atom. The standard InChI is InChI=1S/C28H21N3O11/c1-15(2)24(29-25(33)20-4-3-5-21(31(39)40)23(20)26(29)34)28(36)41-14-22(32)16-8-12-19(13-9-16)42-27(35)17-6-10-18(11-7-17)30(37)38/h3-13,15,24H,14H2,1-2H3/t24-/m0/s1. The fourth-order valence-corrected chi connectivity index (χ4v) is 4.27. The van der Waals surface area contributed by atoms with Gasteiger partial charge in [0.1, 0.15) is 17.4 Å². The molecule has 0 unspecified atom stereocenters. The van der Waals surface area contributed by atoms with E-state index >= 15 is 0 Å². The minimum absolute atomic E-state index is 0.0695. The predicted octanol–water partition coefficient (Wildman–Crippen LogP) is 3.77. The minimum Gasteiger partial charge on any atom is -0.456 e. The summed E-state index contributed by atoms with van der Waals surface area (Å²) in [5.74, 6) is -4.95. The number of imide groups is 1. The summed E-state index contributed by atoms with van der Waals surface area (Å²) in [5.41, 5.74) is -1.23. The lowest BCUT2D eigenvalue weighted by Crippen LogP contribution is -2.49. The van der Waals surface area contributed by atoms with Gasteiger partial charge >= 0.3 is 11.9 Å². The van der Waals surface area contributed by atoms with E-state index in [2.05, 4.69) is 0 Å². The molecule has 214 valence electrons. The molecular weight excluding hydrogens is 554 g/mol. The number of rotatable bonds is 10. The average Bonchev–Trinajstić information content (AvgIpc) is 3.21. The number of fused-ring (bicyclic) bond motifs is 1. The zero-order valence-electron chi connectivity index (χ0n) is 22.0. The molecule has 1 atom stereocenters. The van der Waals surface area contributed by atoms with E-state index in [1.165, 1.54) is 48.5 Å². The number of Topliss-reactive ketones (excluding diaryl/α,β-unsaturated/α-hetero) is 1. The van der Waals surface area contributed by atoms with Gasteiger partial charge in [-0.1, -0.05) is 19.9 Å². The first-order valence-electron chi connectivity index (χ1n) is 12.3. The Morgan fingerprint density at radius 1 is 0.833 bits per heavy atom. The second-order valence-electron chi connectivity index (χ2n) is 9.37. The van der Waals surface area contributed by atoms with Gasteiger partial charge in [0.25, 0.3) is 23.2 Å². The van der Waals surface area contributed by atoms with Crippen molar-refractivity contribution in [3.05, 3.63) is 109 Å². The molecule has 0 N–H and O–H groups in total. The highest BCUT2D eigenvalue weighted by Crippen LogP contribution is 2.33. The predicted molar refractivity (Wildman–Crippen MR) is 142 cm³/mol. The van der Waals surface area contributed by atoms with Crippen LogP contribution < -0.4 is 4.74 Å². The van der Waals surface area contributed by atoms with Crippen LogP contribution in [0.1, 0.15) is 55.3 Å². The molecular formula is C28H21N3O11. The van der Waals surface area contributed by atoms with E-state index < -0.39 is 69.2 Å². The molecule has 14 heteroatoms.